The molecule has 3 unspecified atom stereocenters. The molecule has 0 bridgehead atoms. The molecule has 0 spiro atoms. The molecule has 0 N–H and O–H groups in total. The van der Waals surface area contributed by atoms with Crippen molar-refractivity contribution in [3.8, 4) is 0 Å². The third-order valence-electron chi connectivity index (χ3n) is 4.22. The molecule has 4 rings (SSSR count). The van der Waals surface area contributed by atoms with E-state index in [0.29, 0.717) is 17.8 Å². The fraction of sp³-hybridized carbons (Fsp3) is 0.250. The minimum atomic E-state index is 0.630. The van der Waals surface area contributed by atoms with Crippen LogP contribution in [0, 0.1) is 17.8 Å². The van der Waals surface area contributed by atoms with Crippen molar-refractivity contribution in [3.05, 3.63) is 71.4 Å². The summed E-state index contributed by atoms with van der Waals surface area (Å²) in [5, 5.41) is 0. The molecule has 0 amide bonds. The summed E-state index contributed by atoms with van der Waals surface area (Å²) in [6.07, 6.45) is 21.9. The van der Waals surface area contributed by atoms with Gasteiger partial charge in [-0.1, -0.05) is 54.7 Å². The SMILES string of the molecule is C1=CC2=CC=C3C=CCC4C=CC(=C1)C2C34. The molecule has 0 aromatic carbocycles. The predicted octanol–water partition coefficient (Wildman–Crippen LogP) is 3.73. The van der Waals surface area contributed by atoms with E-state index >= 15 is 0 Å². The molecule has 4 aliphatic rings. The van der Waals surface area contributed by atoms with Crippen LogP contribution in [-0.2, 0) is 0 Å². The number of hydrogen-bond acceptors (Lipinski definition) is 0. The van der Waals surface area contributed by atoms with E-state index in [0.717, 1.165) is 0 Å². The van der Waals surface area contributed by atoms with Gasteiger partial charge in [-0.3, -0.25) is 0 Å². The van der Waals surface area contributed by atoms with Crippen LogP contribution in [0.15, 0.2) is 71.4 Å². The number of hydrogen-bond donors (Lipinski definition) is 0. The zero-order valence-electron chi connectivity index (χ0n) is 9.14. The van der Waals surface area contributed by atoms with Crippen LogP contribution >= 0.6 is 0 Å². The molecule has 16 heavy (non-hydrogen) atoms. The second-order valence-electron chi connectivity index (χ2n) is 5.02. The van der Waals surface area contributed by atoms with Gasteiger partial charge in [-0.05, 0) is 29.1 Å². The second kappa shape index (κ2) is 2.98. The Kier molecular flexibility index (Phi) is 1.59. The van der Waals surface area contributed by atoms with Gasteiger partial charge in [-0.25, -0.2) is 0 Å². The maximum atomic E-state index is 2.41. The van der Waals surface area contributed by atoms with Crippen LogP contribution in [0.4, 0.5) is 0 Å². The summed E-state index contributed by atoms with van der Waals surface area (Å²) in [6, 6.07) is 0. The third kappa shape index (κ3) is 0.996. The van der Waals surface area contributed by atoms with Gasteiger partial charge >= 0.3 is 0 Å². The van der Waals surface area contributed by atoms with Gasteiger partial charge < -0.3 is 0 Å². The van der Waals surface area contributed by atoms with E-state index in [1.54, 1.807) is 0 Å². The molecule has 0 saturated carbocycles. The number of rotatable bonds is 0. The Morgan fingerprint density at radius 1 is 0.875 bits per heavy atom. The van der Waals surface area contributed by atoms with Gasteiger partial charge in [-0.2, -0.15) is 0 Å². The van der Waals surface area contributed by atoms with Gasteiger partial charge in [0.2, 0.25) is 0 Å². The third-order valence-corrected chi connectivity index (χ3v) is 4.22. The normalized spacial score (nSPS) is 37.5. The Balaban J connectivity index is 1.97. The lowest BCUT2D eigenvalue weighted by Gasteiger charge is -2.42. The van der Waals surface area contributed by atoms with Crippen LogP contribution in [-0.4, -0.2) is 0 Å². The van der Waals surface area contributed by atoms with Crippen molar-refractivity contribution in [2.75, 3.05) is 0 Å². The van der Waals surface area contributed by atoms with Gasteiger partial charge in [0.25, 0.3) is 0 Å². The van der Waals surface area contributed by atoms with Crippen molar-refractivity contribution in [2.24, 2.45) is 17.8 Å². The summed E-state index contributed by atoms with van der Waals surface area (Å²) in [4.78, 5) is 0. The molecule has 0 heteroatoms. The van der Waals surface area contributed by atoms with Gasteiger partial charge in [0.1, 0.15) is 0 Å². The molecule has 4 aliphatic carbocycles. The standard InChI is InChI=1S/C16H14/c1-3-11-7-9-13-5-2-6-14-10-8-12(4-1)15(11)16(13)14/h1-5,7-10,14-16H,6H2. The van der Waals surface area contributed by atoms with E-state index < -0.39 is 0 Å². The zero-order valence-corrected chi connectivity index (χ0v) is 9.14. The van der Waals surface area contributed by atoms with Gasteiger partial charge in [0, 0.05) is 11.8 Å². The molecule has 0 aromatic heterocycles. The smallest absolute Gasteiger partial charge is 0.0164 e. The molecule has 0 fully saturated rings. The van der Waals surface area contributed by atoms with Crippen molar-refractivity contribution in [1.29, 1.82) is 0 Å². The minimum Gasteiger partial charge on any atom is -0.0836 e. The van der Waals surface area contributed by atoms with Gasteiger partial charge in [0.15, 0.2) is 0 Å². The quantitative estimate of drug-likeness (QED) is 0.566. The lowest BCUT2D eigenvalue weighted by atomic mass is 9.61. The average Bonchev–Trinajstić information content (AvgIpc) is 2.36. The fourth-order valence-corrected chi connectivity index (χ4v) is 3.50. The summed E-state index contributed by atoms with van der Waals surface area (Å²) in [5.74, 6) is 2.05. The van der Waals surface area contributed by atoms with E-state index in [1.807, 2.05) is 0 Å². The maximum absolute atomic E-state index is 2.41. The molecular formula is C16H14. The molecule has 0 heterocycles. The van der Waals surface area contributed by atoms with Crippen LogP contribution < -0.4 is 0 Å². The molecule has 78 valence electrons. The summed E-state index contributed by atoms with van der Waals surface area (Å²) in [6.45, 7) is 0. The second-order valence-corrected chi connectivity index (χ2v) is 5.02. The van der Waals surface area contributed by atoms with E-state index in [2.05, 4.69) is 54.7 Å². The van der Waals surface area contributed by atoms with Gasteiger partial charge in [-0.15, -0.1) is 0 Å². The summed E-state index contributed by atoms with van der Waals surface area (Å²) in [7, 11) is 0. The Labute approximate surface area is 96.1 Å². The van der Waals surface area contributed by atoms with E-state index in [-0.39, 0.29) is 0 Å². The lowest BCUT2D eigenvalue weighted by Crippen LogP contribution is -2.33. The Hall–Kier alpha value is -1.56. The predicted molar refractivity (Wildman–Crippen MR) is 66.8 cm³/mol. The molecular weight excluding hydrogens is 192 g/mol. The highest BCUT2D eigenvalue weighted by Crippen LogP contribution is 2.49. The summed E-state index contributed by atoms with van der Waals surface area (Å²) < 4.78 is 0. The summed E-state index contributed by atoms with van der Waals surface area (Å²) >= 11 is 0. The van der Waals surface area contributed by atoms with Gasteiger partial charge in [0.05, 0.1) is 0 Å². The average molecular weight is 206 g/mol. The van der Waals surface area contributed by atoms with E-state index in [4.69, 9.17) is 0 Å². The highest BCUT2D eigenvalue weighted by atomic mass is 14.4. The Morgan fingerprint density at radius 3 is 2.75 bits per heavy atom. The number of allylic oxidation sites excluding steroid dienone is 12. The molecule has 0 radical (unpaired) electrons. The molecule has 0 aliphatic heterocycles. The fourth-order valence-electron chi connectivity index (χ4n) is 3.50. The first-order valence-electron chi connectivity index (χ1n) is 6.08. The first-order chi connectivity index (χ1) is 7.93. The summed E-state index contributed by atoms with van der Waals surface area (Å²) in [5.41, 5.74) is 4.52. The lowest BCUT2D eigenvalue weighted by molar-refractivity contribution is 0.364. The largest absolute Gasteiger partial charge is 0.0836 e. The zero-order chi connectivity index (χ0) is 10.5. The highest BCUT2D eigenvalue weighted by molar-refractivity contribution is 5.53. The molecule has 0 nitrogen and oxygen atoms in total. The maximum Gasteiger partial charge on any atom is 0.0164 e. The van der Waals surface area contributed by atoms with Crippen molar-refractivity contribution >= 4 is 0 Å². The van der Waals surface area contributed by atoms with Crippen LogP contribution in [0.25, 0.3) is 0 Å². The molecule has 3 atom stereocenters. The first-order valence-corrected chi connectivity index (χ1v) is 6.08. The Morgan fingerprint density at radius 2 is 1.75 bits per heavy atom. The van der Waals surface area contributed by atoms with Crippen molar-refractivity contribution < 1.29 is 0 Å². The van der Waals surface area contributed by atoms with Crippen LogP contribution in [0.1, 0.15) is 6.42 Å². The van der Waals surface area contributed by atoms with Crippen LogP contribution in [0.3, 0.4) is 0 Å². The molecule has 0 aromatic rings. The van der Waals surface area contributed by atoms with Crippen LogP contribution in [0.5, 0.6) is 0 Å². The Bertz CT molecular complexity index is 520. The minimum absolute atomic E-state index is 0.630. The van der Waals surface area contributed by atoms with Crippen LogP contribution in [0.2, 0.25) is 0 Å². The molecule has 0 saturated heterocycles. The van der Waals surface area contributed by atoms with Crippen molar-refractivity contribution in [2.45, 2.75) is 6.42 Å². The van der Waals surface area contributed by atoms with Crippen molar-refractivity contribution in [1.82, 2.24) is 0 Å². The van der Waals surface area contributed by atoms with E-state index in [9.17, 15) is 0 Å². The van der Waals surface area contributed by atoms with E-state index in [1.165, 1.54) is 23.1 Å². The topological polar surface area (TPSA) is 0 Å². The van der Waals surface area contributed by atoms with Crippen molar-refractivity contribution in [3.63, 3.8) is 0 Å². The monoisotopic (exact) mass is 206 g/mol. The highest BCUT2D eigenvalue weighted by Gasteiger charge is 2.39. The first kappa shape index (κ1) is 8.58.